The second kappa shape index (κ2) is 9.80. The van der Waals surface area contributed by atoms with E-state index in [1.54, 1.807) is 12.1 Å². The molecule has 1 aliphatic rings. The summed E-state index contributed by atoms with van der Waals surface area (Å²) in [7, 11) is -5.54. The van der Waals surface area contributed by atoms with E-state index in [4.69, 9.17) is 0 Å². The Morgan fingerprint density at radius 3 is 2.42 bits per heavy atom. The molecule has 13 heteroatoms. The van der Waals surface area contributed by atoms with Crippen molar-refractivity contribution in [3.63, 3.8) is 0 Å². The second-order valence-corrected chi connectivity index (χ2v) is 10.5. The number of amides is 1. The molecule has 3 aromatic rings. The minimum Gasteiger partial charge on any atom is -0.493 e. The minimum absolute atomic E-state index is 0.00868. The smallest absolute Gasteiger partial charge is 0.493 e. The van der Waals surface area contributed by atoms with Crippen molar-refractivity contribution in [1.29, 1.82) is 0 Å². The molecule has 2 aromatic heterocycles. The van der Waals surface area contributed by atoms with Crippen molar-refractivity contribution in [2.75, 3.05) is 5.32 Å². The van der Waals surface area contributed by atoms with E-state index in [-0.39, 0.29) is 24.1 Å². The molecule has 2 N–H and O–H groups in total. The molecule has 192 valence electrons. The quantitative estimate of drug-likeness (QED) is 0.508. The van der Waals surface area contributed by atoms with Crippen LogP contribution in [0.5, 0.6) is 5.88 Å². The van der Waals surface area contributed by atoms with Crippen LogP contribution < -0.4 is 11.0 Å². The Morgan fingerprint density at radius 1 is 1.11 bits per heavy atom. The zero-order chi connectivity index (χ0) is 26.1. The Balaban J connectivity index is 1.53. The Bertz CT molecular complexity index is 1420. The first-order valence-electron chi connectivity index (χ1n) is 11.2. The molecule has 1 saturated carbocycles. The molecule has 0 saturated heterocycles. The van der Waals surface area contributed by atoms with Crippen LogP contribution >= 0.6 is 0 Å². The number of benzene rings is 1. The number of nitrogens with zero attached hydrogens (tertiary/aromatic N) is 3. The fourth-order valence-corrected chi connectivity index (χ4v) is 4.94. The van der Waals surface area contributed by atoms with Crippen molar-refractivity contribution in [2.45, 2.75) is 49.1 Å². The normalized spacial score (nSPS) is 15.1. The van der Waals surface area contributed by atoms with Gasteiger partial charge < -0.3 is 10.4 Å². The molecule has 0 bridgehead atoms. The number of pyridine rings is 1. The van der Waals surface area contributed by atoms with Gasteiger partial charge in [0.2, 0.25) is 11.8 Å². The highest BCUT2D eigenvalue weighted by Crippen LogP contribution is 2.31. The monoisotopic (exact) mass is 524 g/mol. The fraction of sp³-hybridized carbons (Fsp3) is 0.348. The second-order valence-electron chi connectivity index (χ2n) is 8.55. The largest absolute Gasteiger partial charge is 0.501 e. The lowest BCUT2D eigenvalue weighted by molar-refractivity contribution is -0.120. The van der Waals surface area contributed by atoms with Crippen molar-refractivity contribution in [2.24, 2.45) is 5.92 Å². The number of carbonyl (C=O) groups is 1. The number of nitrogens with one attached hydrogen (secondary N) is 1. The van der Waals surface area contributed by atoms with Crippen LogP contribution in [0.15, 0.2) is 58.5 Å². The lowest BCUT2D eigenvalue weighted by Crippen LogP contribution is -2.25. The van der Waals surface area contributed by atoms with E-state index in [0.717, 1.165) is 59.6 Å². The van der Waals surface area contributed by atoms with E-state index < -0.39 is 31.8 Å². The van der Waals surface area contributed by atoms with E-state index >= 15 is 0 Å². The highest BCUT2D eigenvalue weighted by Gasteiger charge is 2.46. The summed E-state index contributed by atoms with van der Waals surface area (Å²) < 4.78 is 63.4. The van der Waals surface area contributed by atoms with Gasteiger partial charge in [0.15, 0.2) is 0 Å². The molecular weight excluding hydrogens is 501 g/mol. The topological polar surface area (TPSA) is 123 Å². The number of aromatic hydroxyl groups is 1. The van der Waals surface area contributed by atoms with Gasteiger partial charge in [0.05, 0.1) is 23.3 Å². The van der Waals surface area contributed by atoms with Crippen molar-refractivity contribution in [1.82, 2.24) is 14.1 Å². The third-order valence-corrected chi connectivity index (χ3v) is 7.55. The molecule has 2 heterocycles. The summed E-state index contributed by atoms with van der Waals surface area (Å²) in [4.78, 5) is 28.6. The maximum atomic E-state index is 12.9. The maximum Gasteiger partial charge on any atom is 0.501 e. The molecule has 1 fully saturated rings. The van der Waals surface area contributed by atoms with Crippen molar-refractivity contribution in [3.05, 3.63) is 64.8 Å². The number of rotatable bonds is 6. The van der Waals surface area contributed by atoms with Gasteiger partial charge in [-0.1, -0.05) is 19.3 Å². The summed E-state index contributed by atoms with van der Waals surface area (Å²) in [5.41, 5.74) is -5.58. The van der Waals surface area contributed by atoms with Gasteiger partial charge in [0.1, 0.15) is 5.82 Å². The number of sulfone groups is 1. The van der Waals surface area contributed by atoms with Crippen molar-refractivity contribution in [3.8, 4) is 11.6 Å². The van der Waals surface area contributed by atoms with Crippen LogP contribution in [0.2, 0.25) is 0 Å². The number of carbonyl (C=O) groups excluding carboxylic acids is 1. The Labute approximate surface area is 204 Å². The zero-order valence-electron chi connectivity index (χ0n) is 18.9. The molecular formula is C23H23F3N4O5S. The van der Waals surface area contributed by atoms with Crippen LogP contribution in [0.1, 0.15) is 37.7 Å². The van der Waals surface area contributed by atoms with E-state index in [0.29, 0.717) is 23.5 Å². The van der Waals surface area contributed by atoms with Gasteiger partial charge >= 0.3 is 11.2 Å². The van der Waals surface area contributed by atoms with E-state index in [1.165, 1.54) is 6.20 Å². The molecule has 0 unspecified atom stereocenters. The number of hydrogen-bond acceptors (Lipinski definition) is 6. The fourth-order valence-electron chi connectivity index (χ4n) is 4.17. The summed E-state index contributed by atoms with van der Waals surface area (Å²) in [6.07, 6.45) is 7.42. The third-order valence-electron chi connectivity index (χ3n) is 6.05. The average molecular weight is 525 g/mol. The lowest BCUT2D eigenvalue weighted by Gasteiger charge is -2.20. The predicted octanol–water partition coefficient (Wildman–Crippen LogP) is 3.60. The number of hydrogen-bond donors (Lipinski definition) is 2. The van der Waals surface area contributed by atoms with Gasteiger partial charge in [0.25, 0.3) is 9.84 Å². The molecule has 0 spiro atoms. The van der Waals surface area contributed by atoms with Crippen molar-refractivity contribution < 1.29 is 31.5 Å². The zero-order valence-corrected chi connectivity index (χ0v) is 19.7. The van der Waals surface area contributed by atoms with Crippen molar-refractivity contribution >= 4 is 21.6 Å². The van der Waals surface area contributed by atoms with Gasteiger partial charge in [-0.05, 0) is 54.8 Å². The Morgan fingerprint density at radius 2 is 1.78 bits per heavy atom. The third kappa shape index (κ3) is 5.15. The van der Waals surface area contributed by atoms with E-state index in [9.17, 15) is 36.3 Å². The number of aromatic nitrogens is 3. The number of alkyl halides is 3. The SMILES string of the molecule is O=C(Nc1cc(Cn2cc(O)n(-c3ccc(S(=O)(=O)C(F)(F)F)cc3)c2=O)ccn1)C1CCCCC1. The summed E-state index contributed by atoms with van der Waals surface area (Å²) in [6.45, 7) is 0.00868. The first-order valence-corrected chi connectivity index (χ1v) is 12.6. The number of halogens is 3. The van der Waals surface area contributed by atoms with E-state index in [2.05, 4.69) is 10.3 Å². The van der Waals surface area contributed by atoms with Gasteiger partial charge in [0, 0.05) is 12.1 Å². The van der Waals surface area contributed by atoms with Crippen LogP contribution in [0.3, 0.4) is 0 Å². The molecule has 1 aliphatic carbocycles. The first kappa shape index (κ1) is 25.5. The number of imidazole rings is 1. The minimum atomic E-state index is -5.54. The Hall–Kier alpha value is -3.61. The number of anilines is 1. The molecule has 9 nitrogen and oxygen atoms in total. The summed E-state index contributed by atoms with van der Waals surface area (Å²) >= 11 is 0. The highest BCUT2D eigenvalue weighted by molar-refractivity contribution is 7.92. The molecule has 0 aliphatic heterocycles. The van der Waals surface area contributed by atoms with Crippen LogP contribution in [0.4, 0.5) is 19.0 Å². The Kier molecular flexibility index (Phi) is 6.94. The highest BCUT2D eigenvalue weighted by atomic mass is 32.2. The molecule has 1 aromatic carbocycles. The molecule has 0 radical (unpaired) electrons. The van der Waals surface area contributed by atoms with Crippen LogP contribution in [0, 0.1) is 5.92 Å². The van der Waals surface area contributed by atoms with Crippen LogP contribution in [-0.2, 0) is 21.2 Å². The van der Waals surface area contributed by atoms with Crippen LogP contribution in [0.25, 0.3) is 5.69 Å². The molecule has 36 heavy (non-hydrogen) atoms. The van der Waals surface area contributed by atoms with Gasteiger partial charge in [-0.3, -0.25) is 9.36 Å². The summed E-state index contributed by atoms with van der Waals surface area (Å²) in [5, 5.41) is 13.1. The predicted molar refractivity (Wildman–Crippen MR) is 123 cm³/mol. The van der Waals surface area contributed by atoms with Crippen LogP contribution in [-0.4, -0.2) is 39.1 Å². The first-order chi connectivity index (χ1) is 17.0. The summed E-state index contributed by atoms with van der Waals surface area (Å²) in [5.74, 6) is -0.320. The standard InChI is InChI=1S/C23H23F3N4O5S/c24-23(25,26)36(34,35)18-8-6-17(7-9-18)30-20(31)14-29(22(30)33)13-15-10-11-27-19(12-15)28-21(32)16-4-2-1-3-5-16/h6-12,14,16,31H,1-5,13H2,(H,27,28,32). The van der Waals surface area contributed by atoms with Gasteiger partial charge in [-0.2, -0.15) is 13.2 Å². The molecule has 4 rings (SSSR count). The van der Waals surface area contributed by atoms with E-state index in [1.807, 2.05) is 0 Å². The molecule has 1 amide bonds. The maximum absolute atomic E-state index is 12.9. The average Bonchev–Trinajstić information content (AvgIpc) is 3.11. The molecule has 0 atom stereocenters. The summed E-state index contributed by atoms with van der Waals surface area (Å²) in [6, 6.07) is 6.66. The van der Waals surface area contributed by atoms with Gasteiger partial charge in [-0.15, -0.1) is 0 Å². The van der Waals surface area contributed by atoms with Gasteiger partial charge in [-0.25, -0.2) is 22.8 Å². The lowest BCUT2D eigenvalue weighted by atomic mass is 9.89.